The van der Waals surface area contributed by atoms with Gasteiger partial charge in [0.25, 0.3) is 5.91 Å². The Morgan fingerprint density at radius 1 is 1.31 bits per heavy atom. The molecule has 0 bridgehead atoms. The van der Waals surface area contributed by atoms with Crippen molar-refractivity contribution in [2.75, 3.05) is 11.9 Å². The van der Waals surface area contributed by atoms with Crippen LogP contribution in [0.2, 0.25) is 5.02 Å². The fourth-order valence-corrected chi connectivity index (χ4v) is 4.35. The maximum Gasteiger partial charge on any atom is 0.325 e. The second kappa shape index (κ2) is 7.27. The molecule has 26 heavy (non-hydrogen) atoms. The van der Waals surface area contributed by atoms with Gasteiger partial charge >= 0.3 is 6.03 Å². The molecule has 2 N–H and O–H groups in total. The number of nitrogens with zero attached hydrogens (tertiary/aromatic N) is 1. The zero-order chi connectivity index (χ0) is 18.9. The molecule has 0 aromatic heterocycles. The molecular formula is C19H24ClN3O3. The first-order valence-corrected chi connectivity index (χ1v) is 9.42. The molecule has 2 atom stereocenters. The predicted molar refractivity (Wildman–Crippen MR) is 99.9 cm³/mol. The van der Waals surface area contributed by atoms with Gasteiger partial charge in [-0.3, -0.25) is 14.5 Å². The number of nitrogens with one attached hydrogen (secondary N) is 2. The molecule has 7 heteroatoms. The lowest BCUT2D eigenvalue weighted by atomic mass is 9.67. The lowest BCUT2D eigenvalue weighted by Gasteiger charge is -2.42. The van der Waals surface area contributed by atoms with Crippen molar-refractivity contribution >= 4 is 35.1 Å². The van der Waals surface area contributed by atoms with Crippen LogP contribution in [0.5, 0.6) is 0 Å². The molecule has 1 heterocycles. The molecule has 4 amide bonds. The van der Waals surface area contributed by atoms with Crippen LogP contribution in [0.25, 0.3) is 0 Å². The van der Waals surface area contributed by atoms with Crippen molar-refractivity contribution in [3.8, 4) is 0 Å². The summed E-state index contributed by atoms with van der Waals surface area (Å²) in [6, 6.07) is 6.44. The third-order valence-electron chi connectivity index (χ3n) is 5.66. The zero-order valence-electron chi connectivity index (χ0n) is 15.0. The molecule has 1 aromatic carbocycles. The summed E-state index contributed by atoms with van der Waals surface area (Å²) in [5.74, 6) is -0.280. The highest BCUT2D eigenvalue weighted by Crippen LogP contribution is 2.42. The van der Waals surface area contributed by atoms with Crippen molar-refractivity contribution in [1.82, 2.24) is 10.2 Å². The largest absolute Gasteiger partial charge is 0.326 e. The summed E-state index contributed by atoms with van der Waals surface area (Å²) in [5, 5.41) is 6.20. The molecule has 1 saturated carbocycles. The SMILES string of the molecule is CC1CCCC(C)C12NC(=O)N(CCC(=O)Nc1cccc(Cl)c1)C2=O. The van der Waals surface area contributed by atoms with Gasteiger partial charge in [-0.1, -0.05) is 37.9 Å². The van der Waals surface area contributed by atoms with Crippen LogP contribution >= 0.6 is 11.6 Å². The second-order valence-electron chi connectivity index (χ2n) is 7.30. The fourth-order valence-electron chi connectivity index (χ4n) is 4.16. The first-order valence-electron chi connectivity index (χ1n) is 9.04. The number of rotatable bonds is 4. The number of hydrogen-bond donors (Lipinski definition) is 2. The molecule has 1 aromatic rings. The van der Waals surface area contributed by atoms with Crippen LogP contribution in [-0.2, 0) is 9.59 Å². The van der Waals surface area contributed by atoms with Crippen LogP contribution in [0.15, 0.2) is 24.3 Å². The van der Waals surface area contributed by atoms with Crippen molar-refractivity contribution < 1.29 is 14.4 Å². The monoisotopic (exact) mass is 377 g/mol. The summed E-state index contributed by atoms with van der Waals surface area (Å²) >= 11 is 5.90. The van der Waals surface area contributed by atoms with E-state index in [0.717, 1.165) is 19.3 Å². The van der Waals surface area contributed by atoms with Gasteiger partial charge in [0.15, 0.2) is 0 Å². The van der Waals surface area contributed by atoms with Gasteiger partial charge in [-0.2, -0.15) is 0 Å². The van der Waals surface area contributed by atoms with E-state index in [9.17, 15) is 14.4 Å². The number of urea groups is 1. The summed E-state index contributed by atoms with van der Waals surface area (Å²) in [5.41, 5.74) is -0.232. The Balaban J connectivity index is 1.64. The molecular weight excluding hydrogens is 354 g/mol. The quantitative estimate of drug-likeness (QED) is 0.789. The standard InChI is InChI=1S/C19H24ClN3O3/c1-12-5-3-6-13(2)19(12)17(25)23(18(26)22-19)10-9-16(24)21-15-8-4-7-14(20)11-15/h4,7-8,11-13H,3,5-6,9-10H2,1-2H3,(H,21,24)(H,22,26). The molecule has 140 valence electrons. The van der Waals surface area contributed by atoms with Crippen molar-refractivity contribution in [2.24, 2.45) is 11.8 Å². The average Bonchev–Trinajstić information content (AvgIpc) is 2.83. The minimum absolute atomic E-state index is 0.0461. The molecule has 1 aliphatic heterocycles. The van der Waals surface area contributed by atoms with E-state index in [1.165, 1.54) is 4.90 Å². The lowest BCUT2D eigenvalue weighted by Crippen LogP contribution is -2.58. The van der Waals surface area contributed by atoms with Crippen molar-refractivity contribution in [3.63, 3.8) is 0 Å². The first-order chi connectivity index (χ1) is 12.3. The number of amides is 4. The van der Waals surface area contributed by atoms with Crippen molar-refractivity contribution in [2.45, 2.75) is 45.1 Å². The number of imide groups is 1. The van der Waals surface area contributed by atoms with Crippen LogP contribution in [-0.4, -0.2) is 34.8 Å². The van der Waals surface area contributed by atoms with Crippen molar-refractivity contribution in [1.29, 1.82) is 0 Å². The molecule has 0 radical (unpaired) electrons. The second-order valence-corrected chi connectivity index (χ2v) is 7.73. The molecule has 1 saturated heterocycles. The molecule has 6 nitrogen and oxygen atoms in total. The van der Waals surface area contributed by atoms with Crippen molar-refractivity contribution in [3.05, 3.63) is 29.3 Å². The third kappa shape index (κ3) is 3.30. The summed E-state index contributed by atoms with van der Waals surface area (Å²) < 4.78 is 0. The minimum atomic E-state index is -0.821. The normalized spacial score (nSPS) is 28.3. The van der Waals surface area contributed by atoms with Gasteiger partial charge in [0, 0.05) is 23.7 Å². The summed E-state index contributed by atoms with van der Waals surface area (Å²) in [6.07, 6.45) is 2.94. The topological polar surface area (TPSA) is 78.5 Å². The van der Waals surface area contributed by atoms with Gasteiger partial charge in [0.05, 0.1) is 0 Å². The molecule has 1 spiro atoms. The van der Waals surface area contributed by atoms with Gasteiger partial charge in [0.2, 0.25) is 5.91 Å². The molecule has 1 aliphatic carbocycles. The number of carbonyl (C=O) groups is 3. The van der Waals surface area contributed by atoms with Crippen LogP contribution in [0, 0.1) is 11.8 Å². The fraction of sp³-hybridized carbons (Fsp3) is 0.526. The van der Waals surface area contributed by atoms with Crippen LogP contribution in [0.4, 0.5) is 10.5 Å². The summed E-state index contributed by atoms with van der Waals surface area (Å²) in [7, 11) is 0. The van der Waals surface area contributed by atoms with Gasteiger partial charge in [-0.15, -0.1) is 0 Å². The number of halogens is 1. The Morgan fingerprint density at radius 2 is 2.00 bits per heavy atom. The Morgan fingerprint density at radius 3 is 2.65 bits per heavy atom. The Bertz CT molecular complexity index is 726. The first kappa shape index (κ1) is 18.7. The number of hydrogen-bond acceptors (Lipinski definition) is 3. The number of anilines is 1. The smallest absolute Gasteiger partial charge is 0.325 e. The van der Waals surface area contributed by atoms with E-state index in [-0.39, 0.29) is 36.6 Å². The summed E-state index contributed by atoms with van der Waals surface area (Å²) in [4.78, 5) is 38.8. The maximum absolute atomic E-state index is 13.0. The highest BCUT2D eigenvalue weighted by Gasteiger charge is 2.58. The molecule has 2 fully saturated rings. The number of benzene rings is 1. The minimum Gasteiger partial charge on any atom is -0.326 e. The zero-order valence-corrected chi connectivity index (χ0v) is 15.8. The lowest BCUT2D eigenvalue weighted by molar-refractivity contribution is -0.136. The van der Waals surface area contributed by atoms with Gasteiger partial charge in [-0.25, -0.2) is 4.79 Å². The predicted octanol–water partition coefficient (Wildman–Crippen LogP) is 3.42. The van der Waals surface area contributed by atoms with E-state index in [0.29, 0.717) is 10.7 Å². The van der Waals surface area contributed by atoms with Gasteiger partial charge in [0.1, 0.15) is 5.54 Å². The molecule has 2 aliphatic rings. The third-order valence-corrected chi connectivity index (χ3v) is 5.89. The van der Waals surface area contributed by atoms with E-state index in [2.05, 4.69) is 10.6 Å². The van der Waals surface area contributed by atoms with E-state index in [1.807, 2.05) is 13.8 Å². The molecule has 2 unspecified atom stereocenters. The van der Waals surface area contributed by atoms with Crippen LogP contribution in [0.1, 0.15) is 39.5 Å². The number of carbonyl (C=O) groups excluding carboxylic acids is 3. The van der Waals surface area contributed by atoms with Gasteiger partial charge in [-0.05, 0) is 42.9 Å². The van der Waals surface area contributed by atoms with E-state index >= 15 is 0 Å². The Kier molecular flexibility index (Phi) is 5.23. The van der Waals surface area contributed by atoms with E-state index in [4.69, 9.17) is 11.6 Å². The highest BCUT2D eigenvalue weighted by molar-refractivity contribution is 6.30. The molecule has 3 rings (SSSR count). The van der Waals surface area contributed by atoms with Crippen LogP contribution in [0.3, 0.4) is 0 Å². The average molecular weight is 378 g/mol. The van der Waals surface area contributed by atoms with Crippen LogP contribution < -0.4 is 10.6 Å². The van der Waals surface area contributed by atoms with E-state index in [1.54, 1.807) is 24.3 Å². The summed E-state index contributed by atoms with van der Waals surface area (Å²) in [6.45, 7) is 4.10. The highest BCUT2D eigenvalue weighted by atomic mass is 35.5. The van der Waals surface area contributed by atoms with Gasteiger partial charge < -0.3 is 10.6 Å². The maximum atomic E-state index is 13.0. The van der Waals surface area contributed by atoms with E-state index < -0.39 is 11.6 Å². The Labute approximate surface area is 158 Å². The Hall–Kier alpha value is -2.08.